The molecule has 1 saturated carbocycles. The van der Waals surface area contributed by atoms with Crippen LogP contribution in [0.2, 0.25) is 0 Å². The van der Waals surface area contributed by atoms with Gasteiger partial charge in [-0.05, 0) is 55.7 Å². The quantitative estimate of drug-likeness (QED) is 0.446. The Balaban J connectivity index is -0.0000000613. The second-order valence-corrected chi connectivity index (χ2v) is 11.1. The van der Waals surface area contributed by atoms with Crippen molar-refractivity contribution in [3.8, 4) is 0 Å². The molecule has 0 spiro atoms. The standard InChI is InChI=1S/C8H16.C5H12.C4H10.C3H9N.C3H8O.C3H8S.C2H6/c1-7-3-5-8(2)6-4-7;1-5(2,3)4;1-4(2)3;3*1-3-4-2;1-2/h7-8H,3-6H2,1-2H3;1-4H3;4H,1-3H3;4H,3H2,1-2H3;2*3H2,1-2H3;1-2H3. The van der Waals surface area contributed by atoms with E-state index in [1.165, 1.54) is 31.4 Å². The summed E-state index contributed by atoms with van der Waals surface area (Å²) in [6.07, 6.45) is 7.99. The molecule has 0 aliphatic heterocycles. The Labute approximate surface area is 206 Å². The Hall–Kier alpha value is 0.270. The second-order valence-electron chi connectivity index (χ2n) is 9.96. The van der Waals surface area contributed by atoms with Crippen molar-refractivity contribution in [1.29, 1.82) is 0 Å². The fourth-order valence-electron chi connectivity index (χ4n) is 1.43. The van der Waals surface area contributed by atoms with Crippen molar-refractivity contribution in [2.24, 2.45) is 23.2 Å². The lowest BCUT2D eigenvalue weighted by Gasteiger charge is -2.22. The van der Waals surface area contributed by atoms with Crippen LogP contribution in [0.5, 0.6) is 0 Å². The van der Waals surface area contributed by atoms with Gasteiger partial charge in [0.15, 0.2) is 0 Å². The van der Waals surface area contributed by atoms with Gasteiger partial charge in [0.1, 0.15) is 0 Å². The molecule has 3 heteroatoms. The van der Waals surface area contributed by atoms with Crippen LogP contribution in [0.4, 0.5) is 0 Å². The van der Waals surface area contributed by atoms with Crippen molar-refractivity contribution in [2.45, 2.75) is 123 Å². The van der Waals surface area contributed by atoms with Crippen LogP contribution in [0.1, 0.15) is 123 Å². The summed E-state index contributed by atoms with van der Waals surface area (Å²) in [6, 6.07) is 0. The lowest BCUT2D eigenvalue weighted by Crippen LogP contribution is -2.08. The molecule has 0 bridgehead atoms. The van der Waals surface area contributed by atoms with E-state index in [-0.39, 0.29) is 0 Å². The minimum absolute atomic E-state index is 0.500. The first-order valence-electron chi connectivity index (χ1n) is 12.9. The van der Waals surface area contributed by atoms with E-state index in [0.29, 0.717) is 5.41 Å². The van der Waals surface area contributed by atoms with E-state index in [0.717, 1.165) is 30.9 Å². The van der Waals surface area contributed by atoms with Gasteiger partial charge in [0.25, 0.3) is 0 Å². The predicted molar refractivity (Wildman–Crippen MR) is 155 cm³/mol. The van der Waals surface area contributed by atoms with E-state index in [1.807, 2.05) is 39.6 Å². The summed E-state index contributed by atoms with van der Waals surface area (Å²) >= 11 is 1.86. The fourth-order valence-corrected chi connectivity index (χ4v) is 1.43. The number of hydrogen-bond acceptors (Lipinski definition) is 3. The largest absolute Gasteiger partial charge is 0.385 e. The maximum absolute atomic E-state index is 4.54. The Morgan fingerprint density at radius 3 is 1.10 bits per heavy atom. The minimum Gasteiger partial charge on any atom is -0.385 e. The zero-order chi connectivity index (χ0) is 26.3. The summed E-state index contributed by atoms with van der Waals surface area (Å²) < 4.78 is 4.54. The van der Waals surface area contributed by atoms with Gasteiger partial charge < -0.3 is 10.1 Å². The van der Waals surface area contributed by atoms with Crippen LogP contribution in [0, 0.1) is 23.2 Å². The molecule has 0 unspecified atom stereocenters. The van der Waals surface area contributed by atoms with Gasteiger partial charge in [0.05, 0.1) is 0 Å². The van der Waals surface area contributed by atoms with Crippen LogP contribution >= 0.6 is 11.8 Å². The SMILES string of the molecule is CC.CC(C)(C)C.CC(C)C.CC1CCC(C)CC1.CCNC.CCOC.CCSC. The fraction of sp³-hybridized carbons (Fsp3) is 1.00. The van der Waals surface area contributed by atoms with Crippen molar-refractivity contribution in [1.82, 2.24) is 5.32 Å². The molecule has 0 aromatic heterocycles. The summed E-state index contributed by atoms with van der Waals surface area (Å²) in [5, 5.41) is 2.93. The smallest absolute Gasteiger partial charge is 0.0433 e. The third-order valence-electron chi connectivity index (χ3n) is 3.24. The van der Waals surface area contributed by atoms with E-state index in [4.69, 9.17) is 0 Å². The Morgan fingerprint density at radius 1 is 0.871 bits per heavy atom. The molecular formula is C28H69NOS. The van der Waals surface area contributed by atoms with Crippen molar-refractivity contribution in [3.63, 3.8) is 0 Å². The zero-order valence-corrected chi connectivity index (χ0v) is 26.3. The number of hydrogen-bond donors (Lipinski definition) is 1. The van der Waals surface area contributed by atoms with Gasteiger partial charge in [0, 0.05) is 13.7 Å². The molecule has 198 valence electrons. The third kappa shape index (κ3) is 137. The molecule has 0 radical (unpaired) electrons. The molecule has 1 aliphatic rings. The van der Waals surface area contributed by atoms with Gasteiger partial charge in [-0.1, -0.05) is 116 Å². The van der Waals surface area contributed by atoms with E-state index in [1.54, 1.807) is 7.11 Å². The molecule has 0 saturated heterocycles. The van der Waals surface area contributed by atoms with Gasteiger partial charge in [-0.2, -0.15) is 11.8 Å². The topological polar surface area (TPSA) is 21.3 Å². The molecule has 0 aromatic carbocycles. The molecule has 0 atom stereocenters. The van der Waals surface area contributed by atoms with E-state index >= 15 is 0 Å². The van der Waals surface area contributed by atoms with Crippen molar-refractivity contribution < 1.29 is 4.74 Å². The highest BCUT2D eigenvalue weighted by atomic mass is 32.2. The molecule has 31 heavy (non-hydrogen) atoms. The van der Waals surface area contributed by atoms with Crippen LogP contribution in [0.15, 0.2) is 0 Å². The summed E-state index contributed by atoms with van der Waals surface area (Å²) in [5.41, 5.74) is 0.500. The van der Waals surface area contributed by atoms with Crippen LogP contribution in [0.25, 0.3) is 0 Å². The van der Waals surface area contributed by atoms with Gasteiger partial charge in [0.2, 0.25) is 0 Å². The van der Waals surface area contributed by atoms with Crippen molar-refractivity contribution >= 4 is 11.8 Å². The predicted octanol–water partition coefficient (Wildman–Crippen LogP) is 9.82. The lowest BCUT2D eigenvalue weighted by atomic mass is 9.84. The summed E-state index contributed by atoms with van der Waals surface area (Å²) in [7, 11) is 3.61. The molecule has 0 aromatic rings. The summed E-state index contributed by atoms with van der Waals surface area (Å²) in [5.74, 6) is 4.11. The normalized spacial score (nSPS) is 16.5. The maximum Gasteiger partial charge on any atom is 0.0433 e. The molecule has 0 heterocycles. The highest BCUT2D eigenvalue weighted by Crippen LogP contribution is 2.27. The van der Waals surface area contributed by atoms with Crippen LogP contribution in [-0.4, -0.2) is 39.3 Å². The van der Waals surface area contributed by atoms with Gasteiger partial charge >= 0.3 is 0 Å². The molecule has 0 amide bonds. The zero-order valence-electron chi connectivity index (χ0n) is 25.5. The Morgan fingerprint density at radius 2 is 1.03 bits per heavy atom. The van der Waals surface area contributed by atoms with Crippen molar-refractivity contribution in [2.75, 3.05) is 39.3 Å². The molecule has 1 fully saturated rings. The van der Waals surface area contributed by atoms with E-state index in [2.05, 4.69) is 92.5 Å². The van der Waals surface area contributed by atoms with Gasteiger partial charge in [-0.3, -0.25) is 0 Å². The average Bonchev–Trinajstić information content (AvgIpc) is 2.70. The first kappa shape index (κ1) is 44.9. The van der Waals surface area contributed by atoms with Gasteiger partial charge in [-0.25, -0.2) is 0 Å². The van der Waals surface area contributed by atoms with Gasteiger partial charge in [-0.15, -0.1) is 0 Å². The number of thioether (sulfide) groups is 1. The number of methoxy groups -OCH3 is 1. The number of ether oxygens (including phenoxy) is 1. The molecule has 1 N–H and O–H groups in total. The average molecular weight is 468 g/mol. The van der Waals surface area contributed by atoms with E-state index in [9.17, 15) is 0 Å². The number of rotatable bonds is 3. The Bertz CT molecular complexity index is 197. The second kappa shape index (κ2) is 40.6. The summed E-state index contributed by atoms with van der Waals surface area (Å²) in [4.78, 5) is 0. The molecular weight excluding hydrogens is 398 g/mol. The highest BCUT2D eigenvalue weighted by molar-refractivity contribution is 7.98. The number of nitrogens with one attached hydrogen (secondary N) is 1. The van der Waals surface area contributed by atoms with Crippen LogP contribution < -0.4 is 5.32 Å². The summed E-state index contributed by atoms with van der Waals surface area (Å²) in [6.45, 7) is 32.0. The van der Waals surface area contributed by atoms with Crippen molar-refractivity contribution in [3.05, 3.63) is 0 Å². The van der Waals surface area contributed by atoms with Crippen LogP contribution in [-0.2, 0) is 4.74 Å². The third-order valence-corrected chi connectivity index (χ3v) is 3.81. The lowest BCUT2D eigenvalue weighted by molar-refractivity contribution is 0.215. The molecule has 1 aliphatic carbocycles. The Kier molecular flexibility index (Phi) is 58.8. The van der Waals surface area contributed by atoms with Crippen LogP contribution in [0.3, 0.4) is 0 Å². The molecule has 2 nitrogen and oxygen atoms in total. The highest BCUT2D eigenvalue weighted by Gasteiger charge is 2.13. The first-order chi connectivity index (χ1) is 14.3. The van der Waals surface area contributed by atoms with E-state index < -0.39 is 0 Å². The minimum atomic E-state index is 0.500. The maximum atomic E-state index is 4.54. The first-order valence-corrected chi connectivity index (χ1v) is 14.3. The monoisotopic (exact) mass is 468 g/mol. The molecule has 1 rings (SSSR count).